The van der Waals surface area contributed by atoms with Crippen LogP contribution in [0.5, 0.6) is 5.75 Å². The van der Waals surface area contributed by atoms with Crippen LogP contribution in [0.4, 0.5) is 13.2 Å². The maximum absolute atomic E-state index is 12.1. The molecular formula is C7H6F3IN2O3S. The smallest absolute Gasteiger partial charge is 0.402 e. The third-order valence-corrected chi connectivity index (χ3v) is 3.59. The van der Waals surface area contributed by atoms with Crippen molar-refractivity contribution in [1.29, 1.82) is 0 Å². The molecule has 0 spiro atoms. The molecule has 17 heavy (non-hydrogen) atoms. The number of aromatic nitrogens is 1. The second-order valence-corrected chi connectivity index (χ2v) is 5.60. The molecule has 0 saturated carbocycles. The number of halogens is 4. The van der Waals surface area contributed by atoms with Gasteiger partial charge < -0.3 is 4.74 Å². The topological polar surface area (TPSA) is 82.3 Å². The molecule has 0 fully saturated rings. The van der Waals surface area contributed by atoms with Crippen molar-refractivity contribution in [2.24, 2.45) is 5.14 Å². The van der Waals surface area contributed by atoms with E-state index < -0.39 is 27.2 Å². The van der Waals surface area contributed by atoms with Crippen molar-refractivity contribution >= 4 is 32.6 Å². The number of hydrogen-bond acceptors (Lipinski definition) is 4. The van der Waals surface area contributed by atoms with Gasteiger partial charge in [-0.05, 0) is 29.5 Å². The van der Waals surface area contributed by atoms with E-state index in [-0.39, 0.29) is 5.56 Å². The van der Waals surface area contributed by atoms with Crippen LogP contribution in [0.15, 0.2) is 11.2 Å². The summed E-state index contributed by atoms with van der Waals surface area (Å²) in [6, 6.07) is 0. The highest BCUT2D eigenvalue weighted by Gasteiger charge is 2.35. The summed E-state index contributed by atoms with van der Waals surface area (Å²) >= 11 is 1.70. The second-order valence-electron chi connectivity index (χ2n) is 2.96. The van der Waals surface area contributed by atoms with E-state index in [1.165, 1.54) is 6.92 Å². The van der Waals surface area contributed by atoms with Gasteiger partial charge in [0, 0.05) is 15.3 Å². The van der Waals surface area contributed by atoms with Crippen LogP contribution in [0.1, 0.15) is 5.56 Å². The molecule has 2 N–H and O–H groups in total. The van der Waals surface area contributed by atoms with Crippen LogP contribution in [0, 0.1) is 10.5 Å². The number of ether oxygens (including phenoxy) is 1. The lowest BCUT2D eigenvalue weighted by molar-refractivity contribution is -0.276. The van der Waals surface area contributed by atoms with Crippen molar-refractivity contribution in [3.63, 3.8) is 0 Å². The Bertz CT molecular complexity index is 544. The van der Waals surface area contributed by atoms with Gasteiger partial charge in [-0.25, -0.2) is 18.5 Å². The van der Waals surface area contributed by atoms with Crippen molar-refractivity contribution in [2.75, 3.05) is 0 Å². The third kappa shape index (κ3) is 3.67. The average molecular weight is 382 g/mol. The summed E-state index contributed by atoms with van der Waals surface area (Å²) in [4.78, 5) is 3.35. The summed E-state index contributed by atoms with van der Waals surface area (Å²) in [5.41, 5.74) is 0.00181. The Morgan fingerprint density at radius 3 is 2.41 bits per heavy atom. The molecule has 0 aromatic carbocycles. The highest BCUT2D eigenvalue weighted by atomic mass is 127. The van der Waals surface area contributed by atoms with Crippen LogP contribution in [-0.2, 0) is 10.0 Å². The first-order valence-electron chi connectivity index (χ1n) is 3.96. The zero-order valence-electron chi connectivity index (χ0n) is 8.25. The number of nitrogens with two attached hydrogens (primary N) is 1. The van der Waals surface area contributed by atoms with Gasteiger partial charge in [0.15, 0.2) is 5.75 Å². The molecule has 0 aliphatic rings. The Morgan fingerprint density at radius 2 is 2.00 bits per heavy atom. The lowest BCUT2D eigenvalue weighted by Crippen LogP contribution is -2.23. The van der Waals surface area contributed by atoms with Gasteiger partial charge in [0.2, 0.25) is 5.03 Å². The van der Waals surface area contributed by atoms with E-state index in [2.05, 4.69) is 9.72 Å². The molecule has 0 unspecified atom stereocenters. The molecule has 96 valence electrons. The summed E-state index contributed by atoms with van der Waals surface area (Å²) in [5.74, 6) is -0.896. The largest absolute Gasteiger partial charge is 0.573 e. The molecule has 0 aliphatic carbocycles. The number of nitrogens with zero attached hydrogens (tertiary/aromatic N) is 1. The molecule has 1 aromatic heterocycles. The molecule has 0 saturated heterocycles. The van der Waals surface area contributed by atoms with Gasteiger partial charge in [-0.2, -0.15) is 0 Å². The van der Waals surface area contributed by atoms with Gasteiger partial charge in [0.25, 0.3) is 10.0 Å². The van der Waals surface area contributed by atoms with E-state index in [4.69, 9.17) is 5.14 Å². The Morgan fingerprint density at radius 1 is 1.47 bits per heavy atom. The van der Waals surface area contributed by atoms with E-state index in [0.717, 1.165) is 6.20 Å². The van der Waals surface area contributed by atoms with Gasteiger partial charge in [0.05, 0.1) is 0 Å². The normalized spacial score (nSPS) is 12.6. The first-order valence-corrected chi connectivity index (χ1v) is 6.58. The molecule has 0 atom stereocenters. The lowest BCUT2D eigenvalue weighted by atomic mass is 10.3. The SMILES string of the molecule is Cc1c(I)cnc(S(N)(=O)=O)c1OC(F)(F)F. The maximum Gasteiger partial charge on any atom is 0.573 e. The molecule has 1 rings (SSSR count). The number of sulfonamides is 1. The van der Waals surface area contributed by atoms with Crippen LogP contribution in [-0.4, -0.2) is 19.8 Å². The van der Waals surface area contributed by atoms with E-state index in [1.54, 1.807) is 22.6 Å². The van der Waals surface area contributed by atoms with E-state index in [1.807, 2.05) is 0 Å². The Labute approximate surface area is 108 Å². The van der Waals surface area contributed by atoms with Crippen LogP contribution >= 0.6 is 22.6 Å². The summed E-state index contributed by atoms with van der Waals surface area (Å²) in [6.45, 7) is 1.28. The minimum Gasteiger partial charge on any atom is -0.402 e. The molecule has 0 amide bonds. The number of hydrogen-bond donors (Lipinski definition) is 1. The zero-order valence-corrected chi connectivity index (χ0v) is 11.2. The maximum atomic E-state index is 12.1. The predicted molar refractivity (Wildman–Crippen MR) is 59.7 cm³/mol. The van der Waals surface area contributed by atoms with Gasteiger partial charge in [-0.3, -0.25) is 0 Å². The van der Waals surface area contributed by atoms with Crippen molar-refractivity contribution in [3.05, 3.63) is 15.3 Å². The summed E-state index contributed by atoms with van der Waals surface area (Å²) < 4.78 is 62.5. The van der Waals surface area contributed by atoms with E-state index in [9.17, 15) is 21.6 Å². The Kier molecular flexibility index (Phi) is 3.88. The second kappa shape index (κ2) is 4.57. The van der Waals surface area contributed by atoms with Crippen molar-refractivity contribution in [3.8, 4) is 5.75 Å². The number of alkyl halides is 3. The zero-order chi connectivity index (χ0) is 13.4. The molecule has 1 heterocycles. The number of primary sulfonamides is 1. The fourth-order valence-corrected chi connectivity index (χ4v) is 2.02. The van der Waals surface area contributed by atoms with Gasteiger partial charge in [-0.15, -0.1) is 13.2 Å². The van der Waals surface area contributed by atoms with Crippen LogP contribution in [0.25, 0.3) is 0 Å². The fraction of sp³-hybridized carbons (Fsp3) is 0.286. The highest BCUT2D eigenvalue weighted by Crippen LogP contribution is 2.32. The number of rotatable bonds is 2. The molecule has 0 aliphatic heterocycles. The van der Waals surface area contributed by atoms with Gasteiger partial charge in [0.1, 0.15) is 0 Å². The van der Waals surface area contributed by atoms with E-state index >= 15 is 0 Å². The fourth-order valence-electron chi connectivity index (χ4n) is 0.978. The van der Waals surface area contributed by atoms with Crippen molar-refractivity contribution in [1.82, 2.24) is 4.98 Å². The third-order valence-electron chi connectivity index (χ3n) is 1.68. The first-order chi connectivity index (χ1) is 7.52. The molecule has 1 aromatic rings. The monoisotopic (exact) mass is 382 g/mol. The quantitative estimate of drug-likeness (QED) is 0.787. The van der Waals surface area contributed by atoms with Crippen LogP contribution in [0.2, 0.25) is 0 Å². The molecular weight excluding hydrogens is 376 g/mol. The van der Waals surface area contributed by atoms with Crippen molar-refractivity contribution in [2.45, 2.75) is 18.3 Å². The Balaban J connectivity index is 3.48. The summed E-state index contributed by atoms with van der Waals surface area (Å²) in [7, 11) is -4.38. The molecule has 0 bridgehead atoms. The van der Waals surface area contributed by atoms with Gasteiger partial charge >= 0.3 is 6.36 Å². The van der Waals surface area contributed by atoms with Crippen molar-refractivity contribution < 1.29 is 26.3 Å². The molecule has 10 heteroatoms. The standard InChI is InChI=1S/C7H6F3IN2O3S/c1-3-4(11)2-13-6(17(12,14)15)5(3)16-7(8,9)10/h2H,1H3,(H2,12,14,15). The lowest BCUT2D eigenvalue weighted by Gasteiger charge is -2.14. The predicted octanol–water partition coefficient (Wildman–Crippen LogP) is 1.54. The summed E-state index contributed by atoms with van der Waals surface area (Å²) in [6.07, 6.45) is -3.92. The number of pyridine rings is 1. The highest BCUT2D eigenvalue weighted by molar-refractivity contribution is 14.1. The molecule has 5 nitrogen and oxygen atoms in total. The van der Waals surface area contributed by atoms with Crippen LogP contribution < -0.4 is 9.88 Å². The summed E-state index contributed by atoms with van der Waals surface area (Å²) in [5, 5.41) is 3.82. The van der Waals surface area contributed by atoms with Crippen LogP contribution in [0.3, 0.4) is 0 Å². The minimum absolute atomic E-state index is 0.00181. The molecule has 0 radical (unpaired) electrons. The first kappa shape index (κ1) is 14.4. The minimum atomic E-state index is -5.02. The average Bonchev–Trinajstić information content (AvgIpc) is 2.08. The van der Waals surface area contributed by atoms with Gasteiger partial charge in [-0.1, -0.05) is 0 Å². The van der Waals surface area contributed by atoms with E-state index in [0.29, 0.717) is 3.57 Å². The Hall–Kier alpha value is -0.620.